The maximum absolute atomic E-state index is 11.6. The zero-order chi connectivity index (χ0) is 14.6. The second-order valence-corrected chi connectivity index (χ2v) is 6.16. The molecule has 0 amide bonds. The van der Waals surface area contributed by atoms with Gasteiger partial charge in [0, 0.05) is 13.0 Å². The minimum Gasteiger partial charge on any atom is -0.396 e. The summed E-state index contributed by atoms with van der Waals surface area (Å²) in [5.74, 6) is 0.383. The Labute approximate surface area is 124 Å². The predicted molar refractivity (Wildman–Crippen MR) is 84.8 cm³/mol. The summed E-state index contributed by atoms with van der Waals surface area (Å²) < 4.78 is 0. The van der Waals surface area contributed by atoms with E-state index in [1.807, 2.05) is 6.92 Å². The molecular formula is C18H32O2. The van der Waals surface area contributed by atoms with E-state index >= 15 is 0 Å². The minimum atomic E-state index is 0.345. The first-order chi connectivity index (χ1) is 9.75. The average Bonchev–Trinajstić information content (AvgIpc) is 2.45. The van der Waals surface area contributed by atoms with E-state index in [-0.39, 0.29) is 0 Å². The molecule has 20 heavy (non-hydrogen) atoms. The molecule has 0 bridgehead atoms. The van der Waals surface area contributed by atoms with E-state index in [2.05, 4.69) is 0 Å². The van der Waals surface area contributed by atoms with E-state index in [0.717, 1.165) is 37.7 Å². The van der Waals surface area contributed by atoms with Crippen LogP contribution in [0.25, 0.3) is 0 Å². The van der Waals surface area contributed by atoms with Crippen LogP contribution < -0.4 is 0 Å². The number of aliphatic hydroxyl groups excluding tert-OH is 1. The Morgan fingerprint density at radius 2 is 1.40 bits per heavy atom. The van der Waals surface area contributed by atoms with Gasteiger partial charge in [-0.2, -0.15) is 0 Å². The van der Waals surface area contributed by atoms with E-state index in [4.69, 9.17) is 5.11 Å². The quantitative estimate of drug-likeness (QED) is 0.544. The van der Waals surface area contributed by atoms with Gasteiger partial charge in [-0.05, 0) is 44.6 Å². The molecule has 0 heterocycles. The van der Waals surface area contributed by atoms with Gasteiger partial charge in [0.2, 0.25) is 0 Å². The Bertz CT molecular complexity index is 305. The third-order valence-electron chi connectivity index (χ3n) is 4.47. The van der Waals surface area contributed by atoms with Gasteiger partial charge in [0.25, 0.3) is 0 Å². The van der Waals surface area contributed by atoms with Gasteiger partial charge in [0.1, 0.15) is 0 Å². The number of aliphatic hydroxyl groups is 1. The lowest BCUT2D eigenvalue weighted by molar-refractivity contribution is -0.116. The smallest absolute Gasteiger partial charge is 0.158 e. The number of carbonyl (C=O) groups is 1. The lowest BCUT2D eigenvalue weighted by Gasteiger charge is -2.16. The average molecular weight is 280 g/mol. The summed E-state index contributed by atoms with van der Waals surface area (Å²) in [7, 11) is 0. The Morgan fingerprint density at radius 1 is 0.850 bits per heavy atom. The SMILES string of the molecule is CC1=C(CCCCCCCCCCCO)CCCC1=O. The molecule has 0 saturated heterocycles. The number of hydrogen-bond acceptors (Lipinski definition) is 2. The fraction of sp³-hybridized carbons (Fsp3) is 0.833. The molecule has 2 heteroatoms. The van der Waals surface area contributed by atoms with Gasteiger partial charge in [-0.3, -0.25) is 4.79 Å². The third-order valence-corrected chi connectivity index (χ3v) is 4.47. The largest absolute Gasteiger partial charge is 0.396 e. The summed E-state index contributed by atoms with van der Waals surface area (Å²) in [4.78, 5) is 11.6. The third kappa shape index (κ3) is 7.23. The molecule has 116 valence electrons. The Morgan fingerprint density at radius 3 is 2.00 bits per heavy atom. The molecule has 0 spiro atoms. The van der Waals surface area contributed by atoms with Crippen molar-refractivity contribution in [2.45, 2.75) is 90.4 Å². The second-order valence-electron chi connectivity index (χ2n) is 6.16. The highest BCUT2D eigenvalue weighted by molar-refractivity contribution is 5.96. The first-order valence-corrected chi connectivity index (χ1v) is 8.58. The summed E-state index contributed by atoms with van der Waals surface area (Å²) in [5, 5.41) is 8.68. The van der Waals surface area contributed by atoms with Crippen molar-refractivity contribution in [3.05, 3.63) is 11.1 Å². The summed E-state index contributed by atoms with van der Waals surface area (Å²) in [6.07, 6.45) is 15.5. The molecule has 0 aliphatic heterocycles. The van der Waals surface area contributed by atoms with Crippen molar-refractivity contribution in [3.63, 3.8) is 0 Å². The molecule has 0 radical (unpaired) electrons. The van der Waals surface area contributed by atoms with Crippen molar-refractivity contribution in [2.75, 3.05) is 6.61 Å². The van der Waals surface area contributed by atoms with Crippen molar-refractivity contribution >= 4 is 5.78 Å². The summed E-state index contributed by atoms with van der Waals surface area (Å²) in [5.41, 5.74) is 2.50. The van der Waals surface area contributed by atoms with E-state index in [9.17, 15) is 4.79 Å². The van der Waals surface area contributed by atoms with Gasteiger partial charge in [0.15, 0.2) is 5.78 Å². The Hall–Kier alpha value is -0.630. The van der Waals surface area contributed by atoms with Gasteiger partial charge < -0.3 is 5.11 Å². The van der Waals surface area contributed by atoms with E-state index in [1.165, 1.54) is 56.9 Å². The molecule has 2 nitrogen and oxygen atoms in total. The van der Waals surface area contributed by atoms with Crippen molar-refractivity contribution in [1.29, 1.82) is 0 Å². The zero-order valence-electron chi connectivity index (χ0n) is 13.3. The lowest BCUT2D eigenvalue weighted by atomic mass is 9.88. The van der Waals surface area contributed by atoms with Crippen LogP contribution in [0.5, 0.6) is 0 Å². The predicted octanol–water partition coefficient (Wildman–Crippen LogP) is 4.95. The molecule has 0 aromatic heterocycles. The molecule has 1 aliphatic rings. The number of unbranched alkanes of at least 4 members (excludes halogenated alkanes) is 8. The van der Waals surface area contributed by atoms with Gasteiger partial charge in [-0.25, -0.2) is 0 Å². The molecular weight excluding hydrogens is 248 g/mol. The molecule has 0 fully saturated rings. The molecule has 1 aliphatic carbocycles. The van der Waals surface area contributed by atoms with Gasteiger partial charge in [0.05, 0.1) is 0 Å². The second kappa shape index (κ2) is 11.1. The first-order valence-electron chi connectivity index (χ1n) is 8.58. The van der Waals surface area contributed by atoms with E-state index in [0.29, 0.717) is 12.4 Å². The van der Waals surface area contributed by atoms with Crippen LogP contribution in [-0.2, 0) is 4.79 Å². The van der Waals surface area contributed by atoms with Crippen LogP contribution in [0.3, 0.4) is 0 Å². The highest BCUT2D eigenvalue weighted by Gasteiger charge is 2.15. The minimum absolute atomic E-state index is 0.345. The van der Waals surface area contributed by atoms with Crippen molar-refractivity contribution < 1.29 is 9.90 Å². The molecule has 0 aromatic rings. The van der Waals surface area contributed by atoms with Gasteiger partial charge >= 0.3 is 0 Å². The van der Waals surface area contributed by atoms with Crippen LogP contribution in [0.15, 0.2) is 11.1 Å². The summed E-state index contributed by atoms with van der Waals surface area (Å²) >= 11 is 0. The Kier molecular flexibility index (Phi) is 9.65. The number of hydrogen-bond donors (Lipinski definition) is 1. The fourth-order valence-electron chi connectivity index (χ4n) is 3.03. The van der Waals surface area contributed by atoms with Crippen LogP contribution in [-0.4, -0.2) is 17.5 Å². The number of Topliss-reactive ketones (excluding diaryl/α,β-unsaturated/α-hetero) is 1. The van der Waals surface area contributed by atoms with E-state index < -0.39 is 0 Å². The molecule has 0 unspecified atom stereocenters. The number of carbonyl (C=O) groups excluding carboxylic acids is 1. The van der Waals surface area contributed by atoms with Crippen LogP contribution in [0.4, 0.5) is 0 Å². The highest BCUT2D eigenvalue weighted by Crippen LogP contribution is 2.26. The number of allylic oxidation sites excluding steroid dienone is 2. The maximum Gasteiger partial charge on any atom is 0.158 e. The molecule has 1 N–H and O–H groups in total. The van der Waals surface area contributed by atoms with E-state index in [1.54, 1.807) is 0 Å². The normalized spacial score (nSPS) is 16.0. The topological polar surface area (TPSA) is 37.3 Å². The van der Waals surface area contributed by atoms with Crippen LogP contribution >= 0.6 is 0 Å². The van der Waals surface area contributed by atoms with Crippen molar-refractivity contribution in [1.82, 2.24) is 0 Å². The Balaban J connectivity index is 1.94. The number of ketones is 1. The molecule has 0 saturated carbocycles. The summed E-state index contributed by atoms with van der Waals surface area (Å²) in [6.45, 7) is 2.36. The maximum atomic E-state index is 11.6. The van der Waals surface area contributed by atoms with Crippen molar-refractivity contribution in [2.24, 2.45) is 0 Å². The molecule has 0 aromatic carbocycles. The van der Waals surface area contributed by atoms with Crippen LogP contribution in [0.1, 0.15) is 90.4 Å². The fourth-order valence-corrected chi connectivity index (χ4v) is 3.03. The number of rotatable bonds is 11. The standard InChI is InChI=1S/C18H32O2/c1-16-17(13-11-14-18(16)20)12-9-7-5-3-2-4-6-8-10-15-19/h19H,2-15H2,1H3. The monoisotopic (exact) mass is 280 g/mol. The molecule has 1 rings (SSSR count). The summed E-state index contributed by atoms with van der Waals surface area (Å²) in [6, 6.07) is 0. The highest BCUT2D eigenvalue weighted by atomic mass is 16.2. The first kappa shape index (κ1) is 17.4. The lowest BCUT2D eigenvalue weighted by Crippen LogP contribution is -2.09. The van der Waals surface area contributed by atoms with Crippen LogP contribution in [0, 0.1) is 0 Å². The molecule has 0 atom stereocenters. The van der Waals surface area contributed by atoms with Crippen molar-refractivity contribution in [3.8, 4) is 0 Å². The van der Waals surface area contributed by atoms with Gasteiger partial charge in [-0.15, -0.1) is 0 Å². The van der Waals surface area contributed by atoms with Gasteiger partial charge in [-0.1, -0.05) is 50.5 Å². The zero-order valence-corrected chi connectivity index (χ0v) is 13.3. The van der Waals surface area contributed by atoms with Crippen LogP contribution in [0.2, 0.25) is 0 Å².